The Morgan fingerprint density at radius 3 is 2.46 bits per heavy atom. The monoisotopic (exact) mass is 188 g/mol. The van der Waals surface area contributed by atoms with Crippen LogP contribution in [0.3, 0.4) is 0 Å². The van der Waals surface area contributed by atoms with E-state index in [1.54, 1.807) is 0 Å². The fourth-order valence-corrected chi connectivity index (χ4v) is 1.18. The summed E-state index contributed by atoms with van der Waals surface area (Å²) in [7, 11) is 0. The lowest BCUT2D eigenvalue weighted by Gasteiger charge is -2.20. The topological polar surface area (TPSA) is 46.5 Å². The van der Waals surface area contributed by atoms with Crippen LogP contribution in [-0.2, 0) is 9.53 Å². The molecule has 0 aliphatic carbocycles. The summed E-state index contributed by atoms with van der Waals surface area (Å²) in [5.74, 6) is -0.0947. The highest BCUT2D eigenvalue weighted by Crippen LogP contribution is 2.12. The molecule has 0 aromatic carbocycles. The first kappa shape index (κ1) is 12.4. The molecule has 0 aromatic rings. The van der Waals surface area contributed by atoms with E-state index in [1.807, 2.05) is 20.8 Å². The summed E-state index contributed by atoms with van der Waals surface area (Å²) < 4.78 is 5.14. The van der Waals surface area contributed by atoms with Crippen LogP contribution in [0.4, 0.5) is 0 Å². The number of ether oxygens (including phenoxy) is 1. The molecule has 2 unspecified atom stereocenters. The zero-order chi connectivity index (χ0) is 10.3. The summed E-state index contributed by atoms with van der Waals surface area (Å²) in [6.45, 7) is 5.83. The first-order valence-corrected chi connectivity index (χ1v) is 4.96. The van der Waals surface area contributed by atoms with Gasteiger partial charge in [0, 0.05) is 18.9 Å². The van der Waals surface area contributed by atoms with Crippen LogP contribution in [0.15, 0.2) is 0 Å². The summed E-state index contributed by atoms with van der Waals surface area (Å²) in [5, 5.41) is 8.95. The Morgan fingerprint density at radius 1 is 1.46 bits per heavy atom. The lowest BCUT2D eigenvalue weighted by Crippen LogP contribution is -2.26. The minimum atomic E-state index is -0.172. The number of carbonyl (C=O) groups excluding carboxylic acids is 1. The van der Waals surface area contributed by atoms with Gasteiger partial charge in [-0.05, 0) is 19.8 Å². The van der Waals surface area contributed by atoms with Crippen molar-refractivity contribution in [3.63, 3.8) is 0 Å². The summed E-state index contributed by atoms with van der Waals surface area (Å²) in [5.41, 5.74) is 0. The van der Waals surface area contributed by atoms with Gasteiger partial charge in [0.1, 0.15) is 6.10 Å². The number of aliphatic hydroxyl groups is 1. The highest BCUT2D eigenvalue weighted by atomic mass is 16.5. The van der Waals surface area contributed by atoms with E-state index in [0.717, 1.165) is 12.8 Å². The average Bonchev–Trinajstić information content (AvgIpc) is 2.06. The summed E-state index contributed by atoms with van der Waals surface area (Å²) >= 11 is 0. The van der Waals surface area contributed by atoms with Gasteiger partial charge in [-0.2, -0.15) is 0 Å². The van der Waals surface area contributed by atoms with Crippen molar-refractivity contribution in [3.8, 4) is 0 Å². The number of rotatable bonds is 6. The normalized spacial score (nSPS) is 15.1. The number of carbonyl (C=O) groups is 1. The molecule has 0 amide bonds. The number of hydrogen-bond acceptors (Lipinski definition) is 3. The SMILES string of the molecule is CCCC(=O)OC(C)C(CC)CO. The van der Waals surface area contributed by atoms with Gasteiger partial charge in [-0.1, -0.05) is 13.8 Å². The molecule has 78 valence electrons. The summed E-state index contributed by atoms with van der Waals surface area (Å²) in [6.07, 6.45) is 1.93. The second-order valence-electron chi connectivity index (χ2n) is 3.30. The predicted octanol–water partition coefficient (Wildman–Crippen LogP) is 1.74. The Balaban J connectivity index is 3.82. The third-order valence-electron chi connectivity index (χ3n) is 2.19. The molecule has 0 saturated heterocycles. The predicted molar refractivity (Wildman–Crippen MR) is 51.3 cm³/mol. The van der Waals surface area contributed by atoms with E-state index in [2.05, 4.69) is 0 Å². The zero-order valence-corrected chi connectivity index (χ0v) is 8.75. The maximum atomic E-state index is 11.1. The lowest BCUT2D eigenvalue weighted by atomic mass is 10.0. The Hall–Kier alpha value is -0.570. The van der Waals surface area contributed by atoms with Crippen LogP contribution in [0.2, 0.25) is 0 Å². The van der Waals surface area contributed by atoms with Gasteiger partial charge in [-0.3, -0.25) is 4.79 Å². The van der Waals surface area contributed by atoms with E-state index in [4.69, 9.17) is 9.84 Å². The van der Waals surface area contributed by atoms with Gasteiger partial charge in [0.25, 0.3) is 0 Å². The highest BCUT2D eigenvalue weighted by Gasteiger charge is 2.17. The zero-order valence-electron chi connectivity index (χ0n) is 8.75. The van der Waals surface area contributed by atoms with Gasteiger partial charge < -0.3 is 9.84 Å². The van der Waals surface area contributed by atoms with Crippen molar-refractivity contribution < 1.29 is 14.6 Å². The van der Waals surface area contributed by atoms with E-state index >= 15 is 0 Å². The van der Waals surface area contributed by atoms with Crippen LogP contribution < -0.4 is 0 Å². The third kappa shape index (κ3) is 4.88. The van der Waals surface area contributed by atoms with Gasteiger partial charge in [0.15, 0.2) is 0 Å². The first-order chi connectivity index (χ1) is 6.15. The minimum absolute atomic E-state index is 0.0702. The van der Waals surface area contributed by atoms with Gasteiger partial charge in [-0.15, -0.1) is 0 Å². The van der Waals surface area contributed by atoms with Crippen LogP contribution in [0.5, 0.6) is 0 Å². The smallest absolute Gasteiger partial charge is 0.306 e. The van der Waals surface area contributed by atoms with Crippen molar-refractivity contribution in [1.29, 1.82) is 0 Å². The molecular weight excluding hydrogens is 168 g/mol. The third-order valence-corrected chi connectivity index (χ3v) is 2.19. The molecule has 1 N–H and O–H groups in total. The van der Waals surface area contributed by atoms with Crippen molar-refractivity contribution in [3.05, 3.63) is 0 Å². The van der Waals surface area contributed by atoms with E-state index < -0.39 is 0 Å². The number of aliphatic hydroxyl groups excluding tert-OH is 1. The fraction of sp³-hybridized carbons (Fsp3) is 0.900. The Morgan fingerprint density at radius 2 is 2.08 bits per heavy atom. The maximum Gasteiger partial charge on any atom is 0.306 e. The Labute approximate surface area is 80.1 Å². The molecule has 0 fully saturated rings. The molecule has 3 heteroatoms. The van der Waals surface area contributed by atoms with Crippen LogP contribution in [0.1, 0.15) is 40.0 Å². The molecule has 0 bridgehead atoms. The summed E-state index contributed by atoms with van der Waals surface area (Å²) in [6, 6.07) is 0. The largest absolute Gasteiger partial charge is 0.462 e. The molecule has 0 aromatic heterocycles. The minimum Gasteiger partial charge on any atom is -0.462 e. The van der Waals surface area contributed by atoms with Gasteiger partial charge >= 0.3 is 5.97 Å². The number of esters is 1. The molecular formula is C10H20O3. The molecule has 13 heavy (non-hydrogen) atoms. The molecule has 0 aliphatic heterocycles. The van der Waals surface area contributed by atoms with Crippen molar-refractivity contribution in [1.82, 2.24) is 0 Å². The summed E-state index contributed by atoms with van der Waals surface area (Å²) in [4.78, 5) is 11.1. The molecule has 0 spiro atoms. The average molecular weight is 188 g/mol. The van der Waals surface area contributed by atoms with Crippen molar-refractivity contribution in [2.75, 3.05) is 6.61 Å². The van der Waals surface area contributed by atoms with Crippen LogP contribution in [-0.4, -0.2) is 23.8 Å². The molecule has 0 aliphatic rings. The standard InChI is InChI=1S/C10H20O3/c1-4-6-10(12)13-8(3)9(5-2)7-11/h8-9,11H,4-7H2,1-3H3. The van der Waals surface area contributed by atoms with E-state index in [9.17, 15) is 4.79 Å². The molecule has 3 nitrogen and oxygen atoms in total. The molecule has 0 radical (unpaired) electrons. The Kier molecular flexibility index (Phi) is 6.59. The Bertz CT molecular complexity index is 141. The van der Waals surface area contributed by atoms with E-state index in [0.29, 0.717) is 6.42 Å². The van der Waals surface area contributed by atoms with E-state index in [-0.39, 0.29) is 24.6 Å². The second kappa shape index (κ2) is 6.89. The molecule has 0 heterocycles. The van der Waals surface area contributed by atoms with Crippen molar-refractivity contribution >= 4 is 5.97 Å². The van der Waals surface area contributed by atoms with Gasteiger partial charge in [0.2, 0.25) is 0 Å². The van der Waals surface area contributed by atoms with Gasteiger partial charge in [0.05, 0.1) is 0 Å². The quantitative estimate of drug-likeness (QED) is 0.646. The fourth-order valence-electron chi connectivity index (χ4n) is 1.18. The second-order valence-corrected chi connectivity index (χ2v) is 3.30. The van der Waals surface area contributed by atoms with E-state index in [1.165, 1.54) is 0 Å². The maximum absolute atomic E-state index is 11.1. The molecule has 0 saturated carbocycles. The van der Waals surface area contributed by atoms with Crippen LogP contribution in [0, 0.1) is 5.92 Å². The van der Waals surface area contributed by atoms with Crippen molar-refractivity contribution in [2.24, 2.45) is 5.92 Å². The van der Waals surface area contributed by atoms with Gasteiger partial charge in [-0.25, -0.2) is 0 Å². The lowest BCUT2D eigenvalue weighted by molar-refractivity contribution is -0.151. The van der Waals surface area contributed by atoms with Crippen LogP contribution >= 0.6 is 0 Å². The first-order valence-electron chi connectivity index (χ1n) is 4.96. The molecule has 2 atom stereocenters. The number of hydrogen-bond donors (Lipinski definition) is 1. The van der Waals surface area contributed by atoms with Crippen LogP contribution in [0.25, 0.3) is 0 Å². The van der Waals surface area contributed by atoms with Crippen molar-refractivity contribution in [2.45, 2.75) is 46.1 Å². The molecule has 0 rings (SSSR count). The highest BCUT2D eigenvalue weighted by molar-refractivity contribution is 5.69.